The maximum Gasteiger partial charge on any atom is 0.315 e. The van der Waals surface area contributed by atoms with Gasteiger partial charge in [-0.15, -0.1) is 0 Å². The van der Waals surface area contributed by atoms with Crippen LogP contribution in [0.3, 0.4) is 0 Å². The summed E-state index contributed by atoms with van der Waals surface area (Å²) in [7, 11) is 0. The Bertz CT molecular complexity index is 1760. The van der Waals surface area contributed by atoms with Crippen LogP contribution in [0.4, 0.5) is 0 Å². The molecule has 372 valence electrons. The summed E-state index contributed by atoms with van der Waals surface area (Å²) in [4.78, 5) is 14.9. The molecular weight excluding hydrogens is 852 g/mol. The predicted octanol–water partition coefficient (Wildman–Crippen LogP) is -0.248. The van der Waals surface area contributed by atoms with Crippen LogP contribution in [0.5, 0.6) is 0 Å². The van der Waals surface area contributed by atoms with Gasteiger partial charge in [0.1, 0.15) is 67.1 Å². The Morgan fingerprint density at radius 1 is 0.692 bits per heavy atom. The standard InChI is InChI=1S/C47H76O18/c1-42(2)13-15-47(41(59)65-40-37(58)34(55)32(53)26(63-40)20-61-38-36(57)33(54)31(52)25(18-48)62-38)16-14-45(5)22(23(47)17-42)7-8-28-43(3)11-10-29(64-39-35(56)30(51)24(50)19-60-39)44(4,21-49)27(43)9-12-46(28,45)6/h7,23-40,48-58H,8-21H2,1-6H3/t23-,24-,25+,26+,27+,28+,29-,30-,31+,32+,33-,34-,35+,36+,37+,38+,39-,40-,43-,44-,45+,46+,47-/m1/s1. The molecule has 3 aliphatic heterocycles. The maximum atomic E-state index is 14.9. The Labute approximate surface area is 380 Å². The molecule has 7 fully saturated rings. The van der Waals surface area contributed by atoms with Gasteiger partial charge in [0.2, 0.25) is 6.29 Å². The summed E-state index contributed by atoms with van der Waals surface area (Å²) in [6.45, 7) is 12.1. The number of carbonyl (C=O) groups is 1. The summed E-state index contributed by atoms with van der Waals surface area (Å²) >= 11 is 0. The van der Waals surface area contributed by atoms with E-state index in [4.69, 9.17) is 28.4 Å². The van der Waals surface area contributed by atoms with Crippen molar-refractivity contribution in [1.82, 2.24) is 0 Å². The number of rotatable bonds is 9. The number of hydrogen-bond donors (Lipinski definition) is 11. The number of allylic oxidation sites excluding steroid dienone is 2. The van der Waals surface area contributed by atoms with Crippen LogP contribution >= 0.6 is 0 Å². The Morgan fingerprint density at radius 2 is 1.32 bits per heavy atom. The monoisotopic (exact) mass is 929 g/mol. The van der Waals surface area contributed by atoms with Crippen LogP contribution in [-0.4, -0.2) is 181 Å². The van der Waals surface area contributed by atoms with Gasteiger partial charge in [-0.25, -0.2) is 0 Å². The van der Waals surface area contributed by atoms with E-state index in [1.165, 1.54) is 5.57 Å². The normalized spacial score (nSPS) is 54.3. The predicted molar refractivity (Wildman–Crippen MR) is 226 cm³/mol. The van der Waals surface area contributed by atoms with Gasteiger partial charge in [-0.1, -0.05) is 53.2 Å². The zero-order valence-corrected chi connectivity index (χ0v) is 38.6. The van der Waals surface area contributed by atoms with Crippen molar-refractivity contribution in [3.63, 3.8) is 0 Å². The van der Waals surface area contributed by atoms with E-state index < -0.39 is 122 Å². The number of aliphatic hydroxyl groups excluding tert-OH is 11. The van der Waals surface area contributed by atoms with E-state index >= 15 is 0 Å². The van der Waals surface area contributed by atoms with E-state index in [-0.39, 0.29) is 52.6 Å². The van der Waals surface area contributed by atoms with Gasteiger partial charge < -0.3 is 84.6 Å². The number of carbonyl (C=O) groups excluding carboxylic acids is 1. The molecule has 11 N–H and O–H groups in total. The highest BCUT2D eigenvalue weighted by Gasteiger charge is 2.70. The second-order valence-electron chi connectivity index (χ2n) is 22.9. The summed E-state index contributed by atoms with van der Waals surface area (Å²) in [5.74, 6) is -0.485. The lowest BCUT2D eigenvalue weighted by Crippen LogP contribution is -2.67. The third kappa shape index (κ3) is 7.89. The van der Waals surface area contributed by atoms with Crippen LogP contribution in [-0.2, 0) is 33.2 Å². The lowest BCUT2D eigenvalue weighted by atomic mass is 9.33. The highest BCUT2D eigenvalue weighted by Crippen LogP contribution is 2.76. The van der Waals surface area contributed by atoms with E-state index in [1.807, 2.05) is 0 Å². The summed E-state index contributed by atoms with van der Waals surface area (Å²) < 4.78 is 35.2. The fourth-order valence-corrected chi connectivity index (χ4v) is 14.7. The first-order valence-electron chi connectivity index (χ1n) is 23.9. The molecule has 0 spiro atoms. The molecule has 4 saturated carbocycles. The fraction of sp³-hybridized carbons (Fsp3) is 0.936. The van der Waals surface area contributed by atoms with Crippen LogP contribution in [0.25, 0.3) is 0 Å². The molecule has 0 amide bonds. The lowest BCUT2D eigenvalue weighted by Gasteiger charge is -2.71. The van der Waals surface area contributed by atoms with E-state index in [2.05, 4.69) is 47.6 Å². The molecule has 18 nitrogen and oxygen atoms in total. The number of esters is 1. The van der Waals surface area contributed by atoms with Crippen LogP contribution in [0.1, 0.15) is 106 Å². The van der Waals surface area contributed by atoms with E-state index in [0.29, 0.717) is 25.7 Å². The first-order valence-corrected chi connectivity index (χ1v) is 23.9. The zero-order chi connectivity index (χ0) is 47.4. The van der Waals surface area contributed by atoms with Crippen LogP contribution in [0, 0.1) is 50.2 Å². The SMILES string of the molecule is CC1(C)CC[C@@]2(C(=O)O[C@H]3O[C@@H](CO[C@H]4O[C@@H](CO)[C@H](O)[C@@H](O)[C@@H]4O)[C@H](O)[C@@H](O)[C@@H]3O)CC[C@@]3(C)C(=CC[C@H]4[C@]5(C)CC[C@@H](O[C@H]6OC[C@@H](O)[C@@H](O)[C@@H]6O)[C@](C)(CO)[C@H]5CC[C@@]43C)[C@H]2C1. The van der Waals surface area contributed by atoms with Gasteiger partial charge in [-0.05, 0) is 104 Å². The molecule has 3 heterocycles. The van der Waals surface area contributed by atoms with Crippen molar-refractivity contribution in [2.45, 2.75) is 198 Å². The molecule has 0 aromatic carbocycles. The van der Waals surface area contributed by atoms with Crippen LogP contribution < -0.4 is 0 Å². The minimum atomic E-state index is -1.81. The van der Waals surface area contributed by atoms with Gasteiger partial charge in [-0.3, -0.25) is 4.79 Å². The van der Waals surface area contributed by atoms with Crippen molar-refractivity contribution in [1.29, 1.82) is 0 Å². The summed E-state index contributed by atoms with van der Waals surface area (Å²) in [6, 6.07) is 0. The molecule has 3 saturated heterocycles. The third-order valence-electron chi connectivity index (χ3n) is 19.0. The number of ether oxygens (including phenoxy) is 6. The molecule has 5 aliphatic carbocycles. The van der Waals surface area contributed by atoms with Crippen LogP contribution in [0.15, 0.2) is 11.6 Å². The Hall–Kier alpha value is -1.43. The van der Waals surface area contributed by atoms with Gasteiger partial charge in [0.05, 0.1) is 37.9 Å². The lowest BCUT2D eigenvalue weighted by molar-refractivity contribution is -0.328. The highest BCUT2D eigenvalue weighted by atomic mass is 16.7. The second kappa shape index (κ2) is 17.8. The highest BCUT2D eigenvalue weighted by molar-refractivity contribution is 5.79. The van der Waals surface area contributed by atoms with Crippen molar-refractivity contribution >= 4 is 5.97 Å². The quantitative estimate of drug-likeness (QED) is 0.0808. The average Bonchev–Trinajstić information content (AvgIpc) is 3.26. The number of hydrogen-bond acceptors (Lipinski definition) is 18. The van der Waals surface area contributed by atoms with E-state index in [0.717, 1.165) is 38.5 Å². The first-order chi connectivity index (χ1) is 30.4. The van der Waals surface area contributed by atoms with Crippen molar-refractivity contribution in [3.05, 3.63) is 11.6 Å². The van der Waals surface area contributed by atoms with Gasteiger partial charge in [0.25, 0.3) is 0 Å². The molecule has 23 atom stereocenters. The van der Waals surface area contributed by atoms with Crippen molar-refractivity contribution in [2.75, 3.05) is 26.4 Å². The molecule has 0 bridgehead atoms. The topological polar surface area (TPSA) is 295 Å². The molecule has 0 aromatic rings. The minimum absolute atomic E-state index is 0.0557. The molecule has 8 aliphatic rings. The third-order valence-corrected chi connectivity index (χ3v) is 19.0. The molecule has 8 rings (SSSR count). The Morgan fingerprint density at radius 3 is 2.00 bits per heavy atom. The molecule has 0 unspecified atom stereocenters. The Balaban J connectivity index is 1.02. The van der Waals surface area contributed by atoms with Crippen molar-refractivity contribution in [2.24, 2.45) is 50.2 Å². The maximum absolute atomic E-state index is 14.9. The summed E-state index contributed by atoms with van der Waals surface area (Å²) in [5, 5.41) is 116. The Kier molecular flexibility index (Phi) is 13.7. The molecule has 0 radical (unpaired) electrons. The zero-order valence-electron chi connectivity index (χ0n) is 38.6. The molecular formula is C47H76O18. The molecule has 18 heteroatoms. The van der Waals surface area contributed by atoms with Gasteiger partial charge in [0, 0.05) is 5.41 Å². The van der Waals surface area contributed by atoms with Gasteiger partial charge in [0.15, 0.2) is 12.6 Å². The summed E-state index contributed by atoms with van der Waals surface area (Å²) in [5.41, 5.74) is -1.23. The first kappa shape index (κ1) is 50.0. The number of aliphatic hydroxyl groups is 11. The van der Waals surface area contributed by atoms with Gasteiger partial charge >= 0.3 is 5.97 Å². The summed E-state index contributed by atoms with van der Waals surface area (Å²) in [6.07, 6.45) is -12.5. The van der Waals surface area contributed by atoms with E-state index in [1.54, 1.807) is 0 Å². The van der Waals surface area contributed by atoms with Crippen molar-refractivity contribution < 1.29 is 89.4 Å². The fourth-order valence-electron chi connectivity index (χ4n) is 14.7. The largest absolute Gasteiger partial charge is 0.432 e. The molecule has 0 aromatic heterocycles. The number of fused-ring (bicyclic) bond motifs is 7. The van der Waals surface area contributed by atoms with Gasteiger partial charge in [-0.2, -0.15) is 0 Å². The molecule has 65 heavy (non-hydrogen) atoms. The smallest absolute Gasteiger partial charge is 0.315 e. The van der Waals surface area contributed by atoms with E-state index in [9.17, 15) is 61.0 Å². The second-order valence-corrected chi connectivity index (χ2v) is 22.9. The average molecular weight is 929 g/mol. The van der Waals surface area contributed by atoms with Crippen LogP contribution in [0.2, 0.25) is 0 Å². The van der Waals surface area contributed by atoms with Crippen molar-refractivity contribution in [3.8, 4) is 0 Å². The minimum Gasteiger partial charge on any atom is -0.432 e.